The molecule has 4 heteroatoms. The van der Waals surface area contributed by atoms with Crippen molar-refractivity contribution in [3.63, 3.8) is 0 Å². The molecule has 0 aromatic heterocycles. The van der Waals surface area contributed by atoms with E-state index in [4.69, 9.17) is 10.2 Å². The van der Waals surface area contributed by atoms with Gasteiger partial charge in [-0.3, -0.25) is 4.79 Å². The zero-order valence-corrected chi connectivity index (χ0v) is 6.37. The van der Waals surface area contributed by atoms with E-state index in [0.29, 0.717) is 0 Å². The third-order valence-electron chi connectivity index (χ3n) is 1.16. The number of hydrogen-bond donors (Lipinski definition) is 2. The molecule has 0 aliphatic carbocycles. The van der Waals surface area contributed by atoms with Crippen LogP contribution in [0.5, 0.6) is 0 Å². The first kappa shape index (κ1) is 9.84. The van der Waals surface area contributed by atoms with Crippen LogP contribution in [0.1, 0.15) is 13.8 Å². The maximum absolute atomic E-state index is 10.4. The average molecular weight is 158 g/mol. The van der Waals surface area contributed by atoms with E-state index in [9.17, 15) is 9.59 Å². The maximum atomic E-state index is 10.4. The number of carbonyl (C=O) groups is 2. The summed E-state index contributed by atoms with van der Waals surface area (Å²) in [5.41, 5.74) is -0.0345. The minimum atomic E-state index is -1.30. The van der Waals surface area contributed by atoms with Gasteiger partial charge in [0.2, 0.25) is 0 Å². The van der Waals surface area contributed by atoms with E-state index in [1.807, 2.05) is 0 Å². The summed E-state index contributed by atoms with van der Waals surface area (Å²) in [6, 6.07) is 0. The molecule has 4 nitrogen and oxygen atoms in total. The Hall–Kier alpha value is -1.16. The van der Waals surface area contributed by atoms with Crippen molar-refractivity contribution >= 4 is 11.8 Å². The fourth-order valence-corrected chi connectivity index (χ4v) is 0.425. The lowest BCUT2D eigenvalue weighted by Crippen LogP contribution is -2.15. The van der Waals surface area contributed by atoms with Crippen LogP contribution in [0, 0.1) is 0 Å². The molecule has 0 rings (SSSR count). The smallest absolute Gasteiger partial charge is 0.331 e. The van der Waals surface area contributed by atoms with E-state index in [1.54, 1.807) is 0 Å². The number of aliphatic hydroxyl groups is 1. The van der Waals surface area contributed by atoms with Gasteiger partial charge < -0.3 is 10.2 Å². The molecule has 0 saturated carbocycles. The van der Waals surface area contributed by atoms with E-state index in [1.165, 1.54) is 13.8 Å². The number of aliphatic carboxylic acids is 1. The van der Waals surface area contributed by atoms with Crippen LogP contribution in [0.25, 0.3) is 0 Å². The second-order valence-corrected chi connectivity index (χ2v) is 2.21. The topological polar surface area (TPSA) is 74.6 Å². The van der Waals surface area contributed by atoms with Crippen LogP contribution >= 0.6 is 0 Å². The summed E-state index contributed by atoms with van der Waals surface area (Å²) in [4.78, 5) is 20.6. The molecule has 0 saturated heterocycles. The number of rotatable bonds is 3. The van der Waals surface area contributed by atoms with Gasteiger partial charge in [0.25, 0.3) is 0 Å². The van der Waals surface area contributed by atoms with E-state index in [2.05, 4.69) is 0 Å². The molecule has 0 aromatic rings. The zero-order valence-electron chi connectivity index (χ0n) is 6.37. The summed E-state index contributed by atoms with van der Waals surface area (Å²) < 4.78 is 0. The first-order chi connectivity index (χ1) is 4.95. The molecule has 0 aliphatic rings. The lowest BCUT2D eigenvalue weighted by Gasteiger charge is -1.99. The molecule has 0 fully saturated rings. The van der Waals surface area contributed by atoms with Gasteiger partial charge in [-0.15, -0.1) is 0 Å². The summed E-state index contributed by atoms with van der Waals surface area (Å²) in [7, 11) is 0. The fraction of sp³-hybridized carbons (Fsp3) is 0.429. The summed E-state index contributed by atoms with van der Waals surface area (Å²) in [5, 5.41) is 17.2. The Morgan fingerprint density at radius 3 is 2.09 bits per heavy atom. The van der Waals surface area contributed by atoms with Crippen molar-refractivity contribution in [3.05, 3.63) is 11.6 Å². The quantitative estimate of drug-likeness (QED) is 0.565. The van der Waals surface area contributed by atoms with Gasteiger partial charge in [-0.05, 0) is 19.9 Å². The fourth-order valence-electron chi connectivity index (χ4n) is 0.425. The predicted molar refractivity (Wildman–Crippen MR) is 38.1 cm³/mol. The molecule has 1 unspecified atom stereocenters. The van der Waals surface area contributed by atoms with Crippen LogP contribution in [0.2, 0.25) is 0 Å². The Bertz CT molecular complexity index is 204. The number of ketones is 1. The Morgan fingerprint density at radius 1 is 1.36 bits per heavy atom. The maximum Gasteiger partial charge on any atom is 0.331 e. The molecular weight excluding hydrogens is 148 g/mol. The molecule has 0 aromatic carbocycles. The number of Topliss-reactive ketones (excluding diaryl/α,β-unsaturated/α-hetero) is 1. The van der Waals surface area contributed by atoms with Crippen LogP contribution < -0.4 is 0 Å². The highest BCUT2D eigenvalue weighted by Gasteiger charge is 2.08. The Labute approximate surface area is 64.2 Å². The van der Waals surface area contributed by atoms with Crippen molar-refractivity contribution in [3.8, 4) is 0 Å². The van der Waals surface area contributed by atoms with E-state index in [0.717, 1.165) is 6.08 Å². The third kappa shape index (κ3) is 3.52. The van der Waals surface area contributed by atoms with E-state index < -0.39 is 17.9 Å². The van der Waals surface area contributed by atoms with Gasteiger partial charge in [-0.1, -0.05) is 0 Å². The summed E-state index contributed by atoms with van der Waals surface area (Å²) in [6.45, 7) is 2.50. The molecule has 62 valence electrons. The van der Waals surface area contributed by atoms with Gasteiger partial charge in [0.05, 0.1) is 0 Å². The van der Waals surface area contributed by atoms with Gasteiger partial charge in [-0.25, -0.2) is 4.79 Å². The molecule has 0 bridgehead atoms. The molecule has 0 amide bonds. The minimum Gasteiger partial charge on any atom is -0.478 e. The highest BCUT2D eigenvalue weighted by molar-refractivity contribution is 5.89. The number of aliphatic hydroxyl groups excluding tert-OH is 1. The van der Waals surface area contributed by atoms with Crippen molar-refractivity contribution in [1.82, 2.24) is 0 Å². The second-order valence-electron chi connectivity index (χ2n) is 2.21. The number of carboxylic acids is 1. The van der Waals surface area contributed by atoms with Crippen LogP contribution in [0.4, 0.5) is 0 Å². The van der Waals surface area contributed by atoms with Crippen molar-refractivity contribution in [2.45, 2.75) is 20.0 Å². The van der Waals surface area contributed by atoms with Crippen LogP contribution in [0.15, 0.2) is 11.6 Å². The normalized spacial score (nSPS) is 14.3. The minimum absolute atomic E-state index is 0.0345. The lowest BCUT2D eigenvalue weighted by atomic mass is 10.2. The summed E-state index contributed by atoms with van der Waals surface area (Å²) in [6.07, 6.45) is -0.295. The molecule has 0 heterocycles. The second kappa shape index (κ2) is 3.88. The van der Waals surface area contributed by atoms with Gasteiger partial charge in [0.15, 0.2) is 5.78 Å². The standard InChI is InChI=1S/C7H10O4/c1-4(7(10)11)3-6(9)5(2)8/h3,6,9H,1-2H3,(H,10,11)/b4-3-. The van der Waals surface area contributed by atoms with Crippen molar-refractivity contribution in [2.24, 2.45) is 0 Å². The van der Waals surface area contributed by atoms with Gasteiger partial charge >= 0.3 is 5.97 Å². The molecule has 2 N–H and O–H groups in total. The van der Waals surface area contributed by atoms with Crippen molar-refractivity contribution in [1.29, 1.82) is 0 Å². The molecular formula is C7H10O4. The third-order valence-corrected chi connectivity index (χ3v) is 1.16. The Morgan fingerprint density at radius 2 is 1.82 bits per heavy atom. The zero-order chi connectivity index (χ0) is 9.02. The largest absolute Gasteiger partial charge is 0.478 e. The predicted octanol–water partition coefficient (Wildman–Crippen LogP) is -0.0328. The summed E-state index contributed by atoms with van der Waals surface area (Å²) >= 11 is 0. The highest BCUT2D eigenvalue weighted by atomic mass is 16.4. The molecule has 1 atom stereocenters. The Kier molecular flexibility index (Phi) is 3.47. The van der Waals surface area contributed by atoms with Gasteiger partial charge in [-0.2, -0.15) is 0 Å². The average Bonchev–Trinajstić information content (AvgIpc) is 1.87. The monoisotopic (exact) mass is 158 g/mol. The molecule has 0 aliphatic heterocycles. The van der Waals surface area contributed by atoms with Crippen LogP contribution in [-0.2, 0) is 9.59 Å². The first-order valence-corrected chi connectivity index (χ1v) is 3.05. The molecule has 0 spiro atoms. The summed E-state index contributed by atoms with van der Waals surface area (Å²) in [5.74, 6) is -1.60. The van der Waals surface area contributed by atoms with Crippen LogP contribution in [0.3, 0.4) is 0 Å². The van der Waals surface area contributed by atoms with Crippen LogP contribution in [-0.4, -0.2) is 28.1 Å². The number of hydrogen-bond acceptors (Lipinski definition) is 3. The highest BCUT2D eigenvalue weighted by Crippen LogP contribution is 1.96. The molecule has 0 radical (unpaired) electrons. The number of carbonyl (C=O) groups excluding carboxylic acids is 1. The first-order valence-electron chi connectivity index (χ1n) is 3.05. The molecule has 11 heavy (non-hydrogen) atoms. The number of carboxylic acid groups (broad SMARTS) is 1. The van der Waals surface area contributed by atoms with E-state index in [-0.39, 0.29) is 5.57 Å². The Balaban J connectivity index is 4.31. The van der Waals surface area contributed by atoms with Crippen molar-refractivity contribution < 1.29 is 19.8 Å². The van der Waals surface area contributed by atoms with Crippen molar-refractivity contribution in [2.75, 3.05) is 0 Å². The van der Waals surface area contributed by atoms with Gasteiger partial charge in [0, 0.05) is 5.57 Å². The lowest BCUT2D eigenvalue weighted by molar-refractivity contribution is -0.132. The van der Waals surface area contributed by atoms with E-state index >= 15 is 0 Å². The van der Waals surface area contributed by atoms with Gasteiger partial charge in [0.1, 0.15) is 6.10 Å². The SMILES string of the molecule is CC(=O)C(O)/C=C(/C)C(=O)O.